The number of ketones is 1. The number of rotatable bonds is 4. The van der Waals surface area contributed by atoms with Crippen LogP contribution in [0.15, 0.2) is 36.1 Å². The molecule has 1 aliphatic rings. The van der Waals surface area contributed by atoms with Crippen molar-refractivity contribution in [1.82, 2.24) is 0 Å². The molecule has 2 rings (SSSR count). The molecule has 0 fully saturated rings. The van der Waals surface area contributed by atoms with E-state index in [1.807, 2.05) is 18.2 Å². The first-order valence-electron chi connectivity index (χ1n) is 5.68. The molecule has 0 N–H and O–H groups in total. The van der Waals surface area contributed by atoms with Gasteiger partial charge in [-0.2, -0.15) is 0 Å². The fourth-order valence-electron chi connectivity index (χ4n) is 1.87. The molecule has 1 aliphatic heterocycles. The number of hydrogen-bond acceptors (Lipinski definition) is 2. The highest BCUT2D eigenvalue weighted by atomic mass is 16.5. The Bertz CT molecular complexity index is 418. The third kappa shape index (κ3) is 2.51. The molecule has 0 saturated carbocycles. The first-order valence-corrected chi connectivity index (χ1v) is 5.68. The van der Waals surface area contributed by atoms with E-state index in [0.717, 1.165) is 12.8 Å². The van der Waals surface area contributed by atoms with Gasteiger partial charge < -0.3 is 4.74 Å². The van der Waals surface area contributed by atoms with Crippen molar-refractivity contribution in [3.05, 3.63) is 47.2 Å². The smallest absolute Gasteiger partial charge is 0.197 e. The van der Waals surface area contributed by atoms with E-state index in [9.17, 15) is 4.79 Å². The minimum absolute atomic E-state index is 0.126. The molecule has 0 bridgehead atoms. The zero-order valence-corrected chi connectivity index (χ0v) is 9.53. The molecule has 2 nitrogen and oxygen atoms in total. The molecular formula is C14H16O2. The van der Waals surface area contributed by atoms with Crippen LogP contribution < -0.4 is 0 Å². The molecule has 16 heavy (non-hydrogen) atoms. The molecule has 0 aliphatic carbocycles. The third-order valence-electron chi connectivity index (χ3n) is 2.86. The van der Waals surface area contributed by atoms with Crippen LogP contribution in [-0.2, 0) is 16.0 Å². The third-order valence-corrected chi connectivity index (χ3v) is 2.86. The van der Waals surface area contributed by atoms with Crippen molar-refractivity contribution in [3.8, 4) is 0 Å². The predicted octanol–water partition coefficient (Wildman–Crippen LogP) is 2.80. The van der Waals surface area contributed by atoms with Crippen LogP contribution in [0.25, 0.3) is 0 Å². The molecule has 0 aromatic heterocycles. The van der Waals surface area contributed by atoms with Gasteiger partial charge in [0.25, 0.3) is 0 Å². The van der Waals surface area contributed by atoms with Crippen molar-refractivity contribution in [2.24, 2.45) is 0 Å². The SMILES string of the molecule is Cc1ccccc1CCC(=O)C1=CCCO1. The molecule has 1 heterocycles. The summed E-state index contributed by atoms with van der Waals surface area (Å²) >= 11 is 0. The summed E-state index contributed by atoms with van der Waals surface area (Å²) < 4.78 is 5.24. The molecule has 0 radical (unpaired) electrons. The predicted molar refractivity (Wildman–Crippen MR) is 63.2 cm³/mol. The monoisotopic (exact) mass is 216 g/mol. The summed E-state index contributed by atoms with van der Waals surface area (Å²) in [5.74, 6) is 0.689. The van der Waals surface area contributed by atoms with E-state index in [4.69, 9.17) is 4.74 Å². The maximum Gasteiger partial charge on any atom is 0.197 e. The Hall–Kier alpha value is -1.57. The number of carbonyl (C=O) groups excluding carboxylic acids is 1. The van der Waals surface area contributed by atoms with E-state index in [0.29, 0.717) is 18.8 Å². The van der Waals surface area contributed by atoms with Gasteiger partial charge >= 0.3 is 0 Å². The lowest BCUT2D eigenvalue weighted by atomic mass is 10.0. The number of aryl methyl sites for hydroxylation is 2. The quantitative estimate of drug-likeness (QED) is 0.773. The number of ether oxygens (including phenoxy) is 1. The van der Waals surface area contributed by atoms with Gasteiger partial charge in [0.2, 0.25) is 0 Å². The van der Waals surface area contributed by atoms with Gasteiger partial charge in [0.15, 0.2) is 11.5 Å². The largest absolute Gasteiger partial charge is 0.490 e. The maximum atomic E-state index is 11.7. The topological polar surface area (TPSA) is 26.3 Å². The van der Waals surface area contributed by atoms with Crippen molar-refractivity contribution >= 4 is 5.78 Å². The van der Waals surface area contributed by atoms with E-state index >= 15 is 0 Å². The van der Waals surface area contributed by atoms with Gasteiger partial charge in [-0.15, -0.1) is 0 Å². The summed E-state index contributed by atoms with van der Waals surface area (Å²) in [4.78, 5) is 11.7. The van der Waals surface area contributed by atoms with Crippen LogP contribution >= 0.6 is 0 Å². The standard InChI is InChI=1S/C14H16O2/c1-11-5-2-3-6-12(11)8-9-13(15)14-7-4-10-16-14/h2-3,5-7H,4,8-10H2,1H3. The summed E-state index contributed by atoms with van der Waals surface area (Å²) in [6.07, 6.45) is 4.09. The molecule has 0 atom stereocenters. The van der Waals surface area contributed by atoms with Crippen molar-refractivity contribution < 1.29 is 9.53 Å². The van der Waals surface area contributed by atoms with Gasteiger partial charge in [-0.3, -0.25) is 4.79 Å². The van der Waals surface area contributed by atoms with E-state index in [-0.39, 0.29) is 5.78 Å². The van der Waals surface area contributed by atoms with E-state index in [2.05, 4.69) is 19.1 Å². The molecule has 0 unspecified atom stereocenters. The normalized spacial score (nSPS) is 14.4. The highest BCUT2D eigenvalue weighted by Gasteiger charge is 2.14. The molecule has 0 amide bonds. The van der Waals surface area contributed by atoms with Crippen LogP contribution in [0.4, 0.5) is 0 Å². The zero-order chi connectivity index (χ0) is 11.4. The lowest BCUT2D eigenvalue weighted by molar-refractivity contribution is -0.118. The van der Waals surface area contributed by atoms with Crippen LogP contribution in [-0.4, -0.2) is 12.4 Å². The van der Waals surface area contributed by atoms with Gasteiger partial charge in [0.1, 0.15) is 0 Å². The Labute approximate surface area is 95.9 Å². The Kier molecular flexibility index (Phi) is 3.40. The van der Waals surface area contributed by atoms with Gasteiger partial charge in [-0.1, -0.05) is 24.3 Å². The summed E-state index contributed by atoms with van der Waals surface area (Å²) in [5.41, 5.74) is 2.49. The molecular weight excluding hydrogens is 200 g/mol. The van der Waals surface area contributed by atoms with Crippen LogP contribution in [0, 0.1) is 6.92 Å². The maximum absolute atomic E-state index is 11.7. The summed E-state index contributed by atoms with van der Waals surface area (Å²) in [5, 5.41) is 0. The van der Waals surface area contributed by atoms with Crippen molar-refractivity contribution in [3.63, 3.8) is 0 Å². The number of hydrogen-bond donors (Lipinski definition) is 0. The first-order chi connectivity index (χ1) is 7.77. The second kappa shape index (κ2) is 4.97. The van der Waals surface area contributed by atoms with Crippen LogP contribution in [0.2, 0.25) is 0 Å². The number of benzene rings is 1. The summed E-state index contributed by atoms with van der Waals surface area (Å²) in [6.45, 7) is 2.73. The lowest BCUT2D eigenvalue weighted by Crippen LogP contribution is -2.05. The number of Topliss-reactive ketones (excluding diaryl/α,β-unsaturated/α-hetero) is 1. The highest BCUT2D eigenvalue weighted by molar-refractivity contribution is 5.93. The van der Waals surface area contributed by atoms with Gasteiger partial charge in [-0.25, -0.2) is 0 Å². The Morgan fingerprint density at radius 2 is 2.19 bits per heavy atom. The molecule has 1 aromatic carbocycles. The fourth-order valence-corrected chi connectivity index (χ4v) is 1.87. The number of allylic oxidation sites excluding steroid dienone is 1. The van der Waals surface area contributed by atoms with Crippen molar-refractivity contribution in [2.45, 2.75) is 26.2 Å². The molecule has 1 aromatic rings. The second-order valence-corrected chi connectivity index (χ2v) is 4.06. The van der Waals surface area contributed by atoms with E-state index in [1.54, 1.807) is 0 Å². The van der Waals surface area contributed by atoms with Crippen LogP contribution in [0.5, 0.6) is 0 Å². The van der Waals surface area contributed by atoms with Gasteiger partial charge in [0.05, 0.1) is 6.61 Å². The average Bonchev–Trinajstić information content (AvgIpc) is 2.81. The highest BCUT2D eigenvalue weighted by Crippen LogP contribution is 2.15. The van der Waals surface area contributed by atoms with Gasteiger partial charge in [0, 0.05) is 12.8 Å². The zero-order valence-electron chi connectivity index (χ0n) is 9.53. The Balaban J connectivity index is 1.92. The summed E-state index contributed by atoms with van der Waals surface area (Å²) in [7, 11) is 0. The lowest BCUT2D eigenvalue weighted by Gasteiger charge is -2.05. The first kappa shape index (κ1) is 10.9. The van der Waals surface area contributed by atoms with Crippen molar-refractivity contribution in [2.75, 3.05) is 6.61 Å². The minimum atomic E-state index is 0.126. The molecule has 0 spiro atoms. The van der Waals surface area contributed by atoms with E-state index < -0.39 is 0 Å². The molecule has 2 heteroatoms. The molecule has 0 saturated heterocycles. The summed E-state index contributed by atoms with van der Waals surface area (Å²) in [6, 6.07) is 8.18. The Morgan fingerprint density at radius 3 is 2.88 bits per heavy atom. The average molecular weight is 216 g/mol. The van der Waals surface area contributed by atoms with Crippen LogP contribution in [0.3, 0.4) is 0 Å². The second-order valence-electron chi connectivity index (χ2n) is 4.06. The van der Waals surface area contributed by atoms with E-state index in [1.165, 1.54) is 11.1 Å². The van der Waals surface area contributed by atoms with Crippen molar-refractivity contribution in [1.29, 1.82) is 0 Å². The minimum Gasteiger partial charge on any atom is -0.490 e. The van der Waals surface area contributed by atoms with Gasteiger partial charge in [-0.05, 0) is 30.5 Å². The fraction of sp³-hybridized carbons (Fsp3) is 0.357. The number of carbonyl (C=O) groups is 1. The van der Waals surface area contributed by atoms with Crippen LogP contribution in [0.1, 0.15) is 24.0 Å². The molecule has 84 valence electrons. The Morgan fingerprint density at radius 1 is 1.38 bits per heavy atom.